The molecule has 144 heavy (non-hydrogen) atoms. The monoisotopic (exact) mass is 1890 g/mol. The Labute approximate surface area is 864 Å². The fraction of sp³-hybridized carbons (Fsp3) is 0.348. The lowest BCUT2D eigenvalue weighted by Gasteiger charge is -2.48. The van der Waals surface area contributed by atoms with Gasteiger partial charge in [0.25, 0.3) is 13.4 Å². The average Bonchev–Trinajstić information content (AvgIpc) is 0.680. The van der Waals surface area contributed by atoms with E-state index in [2.05, 4.69) is 531 Å². The van der Waals surface area contributed by atoms with Gasteiger partial charge in [0, 0.05) is 78.8 Å². The molecular formula is C138H152B2N4. The molecule has 15 aromatic carbocycles. The van der Waals surface area contributed by atoms with E-state index in [4.69, 9.17) is 0 Å². The van der Waals surface area contributed by atoms with Crippen molar-refractivity contribution in [2.45, 2.75) is 311 Å². The molecule has 4 heterocycles. The SMILES string of the molecule is CC(C)c1cc2c3c(c1)N(c1cc(-c4ccccc4)c(C(C)(C)C)cc1-c1ccccc1)c1cc4c(cc1B3c1cc(C(C)(C)c3ccc(CC(C)c5cc6c7c(c5)N(c5ccc(C(C)(C)C)cc5-c5cccc(C(C)(C)C)c5)c5cc8c(cc5B7c5cc(C(C)(C)c7ccccc7)ccc5N6c5ccc(C(C)(C)C)cc5)C(C)(C)CCC8(C)C)cc3)ccc1N2c1ccc(C(C)(C)C)cc1)C(C)(C)CCC4(C)C. The molecule has 730 valence electrons. The second kappa shape index (κ2) is 34.4. The molecule has 2 aliphatic carbocycles. The third-order valence-corrected chi connectivity index (χ3v) is 35.0. The zero-order valence-corrected chi connectivity index (χ0v) is 92.0. The first-order chi connectivity index (χ1) is 67.8. The highest BCUT2D eigenvalue weighted by atomic mass is 15.2. The van der Waals surface area contributed by atoms with Crippen molar-refractivity contribution in [3.8, 4) is 33.4 Å². The Morgan fingerprint density at radius 3 is 1.02 bits per heavy atom. The Morgan fingerprint density at radius 2 is 0.590 bits per heavy atom. The molecule has 1 atom stereocenters. The van der Waals surface area contributed by atoms with Crippen LogP contribution < -0.4 is 52.4 Å². The molecule has 21 rings (SSSR count). The normalized spacial score (nSPS) is 16.2. The highest BCUT2D eigenvalue weighted by Gasteiger charge is 2.52. The minimum Gasteiger partial charge on any atom is -0.311 e. The third-order valence-electron chi connectivity index (χ3n) is 35.0. The van der Waals surface area contributed by atoms with E-state index >= 15 is 0 Å². The van der Waals surface area contributed by atoms with Crippen LogP contribution in [0.4, 0.5) is 68.2 Å². The lowest BCUT2D eigenvalue weighted by molar-refractivity contribution is 0.332. The summed E-state index contributed by atoms with van der Waals surface area (Å²) in [6.45, 7) is 72.5. The summed E-state index contributed by atoms with van der Waals surface area (Å²) in [6.07, 6.45) is 5.28. The van der Waals surface area contributed by atoms with Crippen LogP contribution in [0.5, 0.6) is 0 Å². The van der Waals surface area contributed by atoms with Crippen LogP contribution >= 0.6 is 0 Å². The van der Waals surface area contributed by atoms with Gasteiger partial charge in [0.2, 0.25) is 0 Å². The zero-order chi connectivity index (χ0) is 102. The van der Waals surface area contributed by atoms with Crippen LogP contribution in [-0.4, -0.2) is 13.4 Å². The molecule has 0 spiro atoms. The van der Waals surface area contributed by atoms with Gasteiger partial charge in [-0.25, -0.2) is 0 Å². The van der Waals surface area contributed by atoms with Gasteiger partial charge in [-0.1, -0.05) is 414 Å². The summed E-state index contributed by atoms with van der Waals surface area (Å²) in [5.74, 6) is 0.299. The lowest BCUT2D eigenvalue weighted by Crippen LogP contribution is -2.62. The summed E-state index contributed by atoms with van der Waals surface area (Å²) in [5.41, 5.74) is 50.3. The van der Waals surface area contributed by atoms with Crippen LogP contribution in [0.25, 0.3) is 33.4 Å². The van der Waals surface area contributed by atoms with Crippen LogP contribution in [-0.2, 0) is 66.0 Å². The number of rotatable bonds is 15. The van der Waals surface area contributed by atoms with Crippen LogP contribution in [0.3, 0.4) is 0 Å². The Balaban J connectivity index is 0.750. The van der Waals surface area contributed by atoms with E-state index in [0.717, 1.165) is 43.5 Å². The lowest BCUT2D eigenvalue weighted by atomic mass is 9.32. The van der Waals surface area contributed by atoms with Crippen LogP contribution in [0.15, 0.2) is 303 Å². The summed E-state index contributed by atoms with van der Waals surface area (Å²) in [7, 11) is 0. The molecule has 0 bridgehead atoms. The van der Waals surface area contributed by atoms with Gasteiger partial charge in [-0.05, 0) is 334 Å². The van der Waals surface area contributed by atoms with Crippen molar-refractivity contribution in [2.75, 3.05) is 19.6 Å². The molecule has 6 aliphatic rings. The van der Waals surface area contributed by atoms with Crippen LogP contribution in [0, 0.1) is 0 Å². The summed E-state index contributed by atoms with van der Waals surface area (Å²) in [6, 6.07) is 122. The molecule has 0 fully saturated rings. The highest BCUT2D eigenvalue weighted by Crippen LogP contribution is 2.58. The van der Waals surface area contributed by atoms with E-state index in [-0.39, 0.29) is 79.4 Å². The van der Waals surface area contributed by atoms with Crippen molar-refractivity contribution in [2.24, 2.45) is 0 Å². The van der Waals surface area contributed by atoms with Crippen molar-refractivity contribution < 1.29 is 0 Å². The summed E-state index contributed by atoms with van der Waals surface area (Å²) < 4.78 is 0. The molecule has 0 N–H and O–H groups in total. The number of hydrogen-bond donors (Lipinski definition) is 0. The quantitative estimate of drug-likeness (QED) is 0.0949. The molecule has 15 aromatic rings. The van der Waals surface area contributed by atoms with Gasteiger partial charge in [-0.2, -0.15) is 0 Å². The first kappa shape index (κ1) is 97.7. The molecule has 0 saturated carbocycles. The molecule has 0 saturated heterocycles. The predicted molar refractivity (Wildman–Crippen MR) is 625 cm³/mol. The van der Waals surface area contributed by atoms with Gasteiger partial charge in [0.1, 0.15) is 0 Å². The number of fused-ring (bicyclic) bond motifs is 10. The van der Waals surface area contributed by atoms with Crippen molar-refractivity contribution in [1.29, 1.82) is 0 Å². The van der Waals surface area contributed by atoms with Gasteiger partial charge >= 0.3 is 0 Å². The van der Waals surface area contributed by atoms with Gasteiger partial charge in [0.05, 0.1) is 11.4 Å². The Morgan fingerprint density at radius 1 is 0.250 bits per heavy atom. The molecule has 4 aliphatic heterocycles. The Bertz CT molecular complexity index is 7570. The fourth-order valence-electron chi connectivity index (χ4n) is 25.3. The number of anilines is 12. The van der Waals surface area contributed by atoms with E-state index in [1.54, 1.807) is 0 Å². The standard InChI is InChI=1S/C138H152B2N4/c1-86(2)92-73-122-126-124(74-92)144(119-81-104(89-41-34-31-35-42-89)107(132(16,17)18)80-106(119)90-43-36-32-37-44-90)121-85-111-109(134(21,22)68-70-136(111,25)26)83-115(121)140(126)113-79-101(59-66-117(113)141(122)102-60-53-94(54-61-102)128(4,5)6)138(29,30)97-51-49-88(50-52-97)71-87(3)93-75-123-127-125(76-93)143(116-64-57-99(131(13,14)15)77-105(116)91-45-40-48-98(72-91)130(10,11)12)120-84-110-108(133(19,20)67-69-135(110,23)24)82-114(120)139(127)112-78-100(137(27,28)96-46-38-33-39-47-96)58-65-118(112)142(123)103-62-55-95(56-63-103)129(7,8)9/h31-66,72-87H,67-71H2,1-30H3. The van der Waals surface area contributed by atoms with Crippen molar-refractivity contribution in [3.05, 3.63) is 392 Å². The van der Waals surface area contributed by atoms with E-state index in [1.165, 1.54) is 212 Å². The predicted octanol–water partition coefficient (Wildman–Crippen LogP) is 34.2. The minimum atomic E-state index is -0.440. The van der Waals surface area contributed by atoms with Crippen LogP contribution in [0.2, 0.25) is 0 Å². The molecule has 0 radical (unpaired) electrons. The maximum atomic E-state index is 2.79. The molecule has 4 nitrogen and oxygen atoms in total. The van der Waals surface area contributed by atoms with E-state index in [9.17, 15) is 0 Å². The number of nitrogens with zero attached hydrogens (tertiary/aromatic N) is 4. The minimum absolute atomic E-state index is 0.0375. The van der Waals surface area contributed by atoms with Crippen molar-refractivity contribution in [1.82, 2.24) is 0 Å². The second-order valence-corrected chi connectivity index (χ2v) is 53.0. The van der Waals surface area contributed by atoms with Gasteiger partial charge in [-0.15, -0.1) is 0 Å². The number of benzene rings is 15. The Kier molecular flexibility index (Phi) is 23.3. The van der Waals surface area contributed by atoms with E-state index in [0.29, 0.717) is 0 Å². The van der Waals surface area contributed by atoms with Gasteiger partial charge in [0.15, 0.2) is 0 Å². The Hall–Kier alpha value is -12.4. The zero-order valence-electron chi connectivity index (χ0n) is 92.0. The number of hydrogen-bond acceptors (Lipinski definition) is 4. The first-order valence-corrected chi connectivity index (χ1v) is 53.9. The topological polar surface area (TPSA) is 13.0 Å². The highest BCUT2D eigenvalue weighted by molar-refractivity contribution is 7.01. The fourth-order valence-corrected chi connectivity index (χ4v) is 25.3. The van der Waals surface area contributed by atoms with E-state index in [1.807, 2.05) is 0 Å². The molecule has 0 amide bonds. The third kappa shape index (κ3) is 16.7. The summed E-state index contributed by atoms with van der Waals surface area (Å²) in [4.78, 5) is 10.9. The van der Waals surface area contributed by atoms with Gasteiger partial charge in [-0.3, -0.25) is 0 Å². The van der Waals surface area contributed by atoms with Crippen molar-refractivity contribution in [3.63, 3.8) is 0 Å². The van der Waals surface area contributed by atoms with Gasteiger partial charge < -0.3 is 19.6 Å². The average molecular weight is 1890 g/mol. The molecule has 1 unspecified atom stereocenters. The summed E-state index contributed by atoms with van der Waals surface area (Å²) >= 11 is 0. The first-order valence-electron chi connectivity index (χ1n) is 53.9. The van der Waals surface area contributed by atoms with E-state index < -0.39 is 5.41 Å². The van der Waals surface area contributed by atoms with Crippen molar-refractivity contribution >= 4 is 114 Å². The molecule has 0 aromatic heterocycles. The van der Waals surface area contributed by atoms with Crippen LogP contribution in [0.1, 0.15) is 334 Å². The maximum Gasteiger partial charge on any atom is 0.252 e. The molecular weight excluding hydrogens is 1740 g/mol. The largest absolute Gasteiger partial charge is 0.311 e. The molecule has 6 heteroatoms. The smallest absolute Gasteiger partial charge is 0.252 e. The maximum absolute atomic E-state index is 2.79. The summed E-state index contributed by atoms with van der Waals surface area (Å²) in [5, 5.41) is 0. The second-order valence-electron chi connectivity index (χ2n) is 53.0.